The third kappa shape index (κ3) is 5.21. The van der Waals surface area contributed by atoms with Gasteiger partial charge in [-0.05, 0) is 44.0 Å². The zero-order valence-corrected chi connectivity index (χ0v) is 17.1. The molecule has 1 N–H and O–H groups in total. The standard InChI is InChI=1S/C21H23FN6O3/c1-14-4-5-15(11-18(14)22)21-25-20(31-26-21)3-2-9-27-10-8-16(13-27)24-19-7-6-17(12-23-19)28(29)30/h4-7,11-12,16H,2-3,8-10,13H2,1H3,(H,23,24). The van der Waals surface area contributed by atoms with Gasteiger partial charge in [-0.2, -0.15) is 4.98 Å². The molecule has 1 unspecified atom stereocenters. The monoisotopic (exact) mass is 426 g/mol. The summed E-state index contributed by atoms with van der Waals surface area (Å²) in [5.74, 6) is 1.29. The van der Waals surface area contributed by atoms with E-state index in [0.717, 1.165) is 32.5 Å². The molecule has 31 heavy (non-hydrogen) atoms. The van der Waals surface area contributed by atoms with Crippen LogP contribution in [0.25, 0.3) is 11.4 Å². The third-order valence-corrected chi connectivity index (χ3v) is 5.35. The van der Waals surface area contributed by atoms with Crippen LogP contribution >= 0.6 is 0 Å². The fourth-order valence-corrected chi connectivity index (χ4v) is 3.60. The van der Waals surface area contributed by atoms with E-state index in [0.29, 0.717) is 35.1 Å². The molecule has 162 valence electrons. The molecule has 0 spiro atoms. The summed E-state index contributed by atoms with van der Waals surface area (Å²) in [6.07, 6.45) is 3.76. The maximum atomic E-state index is 13.7. The van der Waals surface area contributed by atoms with Gasteiger partial charge in [0.15, 0.2) is 0 Å². The molecule has 1 aromatic carbocycles. The van der Waals surface area contributed by atoms with E-state index in [1.54, 1.807) is 25.1 Å². The van der Waals surface area contributed by atoms with Crippen molar-refractivity contribution in [2.45, 2.75) is 32.2 Å². The Labute approximate surface area is 178 Å². The molecule has 1 saturated heterocycles. The van der Waals surface area contributed by atoms with E-state index in [-0.39, 0.29) is 17.5 Å². The number of nitro groups is 1. The summed E-state index contributed by atoms with van der Waals surface area (Å²) >= 11 is 0. The Morgan fingerprint density at radius 3 is 2.97 bits per heavy atom. The smallest absolute Gasteiger partial charge is 0.287 e. The van der Waals surface area contributed by atoms with Crippen LogP contribution in [0.1, 0.15) is 24.3 Å². The molecule has 9 nitrogen and oxygen atoms in total. The van der Waals surface area contributed by atoms with Crippen LogP contribution in [0.2, 0.25) is 0 Å². The number of aromatic nitrogens is 3. The lowest BCUT2D eigenvalue weighted by molar-refractivity contribution is -0.385. The topological polar surface area (TPSA) is 110 Å². The normalized spacial score (nSPS) is 16.5. The lowest BCUT2D eigenvalue weighted by atomic mass is 10.1. The van der Waals surface area contributed by atoms with Gasteiger partial charge in [0.25, 0.3) is 5.69 Å². The first-order valence-electron chi connectivity index (χ1n) is 10.2. The van der Waals surface area contributed by atoms with Crippen LogP contribution in [0.15, 0.2) is 41.1 Å². The number of nitrogens with zero attached hydrogens (tertiary/aromatic N) is 5. The van der Waals surface area contributed by atoms with Crippen molar-refractivity contribution >= 4 is 11.5 Å². The SMILES string of the molecule is Cc1ccc(-c2noc(CCCN3CCC(Nc4ccc([N+](=O)[O-])cn4)C3)n2)cc1F. The number of hydrogen-bond acceptors (Lipinski definition) is 8. The Hall–Kier alpha value is -3.40. The molecule has 4 rings (SSSR count). The van der Waals surface area contributed by atoms with Crippen LogP contribution in [0.3, 0.4) is 0 Å². The van der Waals surface area contributed by atoms with Crippen molar-refractivity contribution in [3.05, 3.63) is 63.9 Å². The predicted molar refractivity (Wildman–Crippen MR) is 112 cm³/mol. The zero-order chi connectivity index (χ0) is 21.8. The molecular weight excluding hydrogens is 403 g/mol. The van der Waals surface area contributed by atoms with Crippen LogP contribution in [-0.4, -0.2) is 50.6 Å². The van der Waals surface area contributed by atoms with E-state index in [2.05, 4.69) is 25.3 Å². The van der Waals surface area contributed by atoms with Gasteiger partial charge in [0.1, 0.15) is 17.8 Å². The lowest BCUT2D eigenvalue weighted by Crippen LogP contribution is -2.27. The van der Waals surface area contributed by atoms with Crippen molar-refractivity contribution in [3.63, 3.8) is 0 Å². The van der Waals surface area contributed by atoms with Gasteiger partial charge in [-0.3, -0.25) is 10.1 Å². The fourth-order valence-electron chi connectivity index (χ4n) is 3.60. The fraction of sp³-hybridized carbons (Fsp3) is 0.381. The molecule has 3 heterocycles. The van der Waals surface area contributed by atoms with Crippen molar-refractivity contribution in [3.8, 4) is 11.4 Å². The second-order valence-electron chi connectivity index (χ2n) is 7.67. The largest absolute Gasteiger partial charge is 0.366 e. The third-order valence-electron chi connectivity index (χ3n) is 5.35. The van der Waals surface area contributed by atoms with Gasteiger partial charge < -0.3 is 14.7 Å². The number of anilines is 1. The Morgan fingerprint density at radius 1 is 1.35 bits per heavy atom. The first kappa shape index (κ1) is 20.9. The summed E-state index contributed by atoms with van der Waals surface area (Å²) in [5, 5.41) is 18.0. The van der Waals surface area contributed by atoms with Crippen LogP contribution in [0.4, 0.5) is 15.9 Å². The van der Waals surface area contributed by atoms with Gasteiger partial charge in [0.05, 0.1) is 4.92 Å². The number of hydrogen-bond donors (Lipinski definition) is 1. The molecule has 0 saturated carbocycles. The molecule has 1 aliphatic rings. The number of likely N-dealkylation sites (tertiary alicyclic amines) is 1. The Balaban J connectivity index is 1.22. The number of nitrogens with one attached hydrogen (secondary N) is 1. The van der Waals surface area contributed by atoms with Crippen LogP contribution in [0.5, 0.6) is 0 Å². The summed E-state index contributed by atoms with van der Waals surface area (Å²) in [6.45, 7) is 4.43. The van der Waals surface area contributed by atoms with Crippen molar-refractivity contribution in [1.82, 2.24) is 20.0 Å². The molecule has 0 amide bonds. The van der Waals surface area contributed by atoms with Crippen LogP contribution in [0, 0.1) is 22.9 Å². The molecule has 0 radical (unpaired) electrons. The summed E-state index contributed by atoms with van der Waals surface area (Å²) in [6, 6.07) is 8.23. The molecule has 1 aliphatic heterocycles. The minimum Gasteiger partial charge on any atom is -0.366 e. The highest BCUT2D eigenvalue weighted by molar-refractivity contribution is 5.54. The predicted octanol–water partition coefficient (Wildman–Crippen LogP) is 3.61. The lowest BCUT2D eigenvalue weighted by Gasteiger charge is -2.16. The molecule has 3 aromatic rings. The maximum absolute atomic E-state index is 13.7. The first-order chi connectivity index (χ1) is 15.0. The molecule has 0 aliphatic carbocycles. The van der Waals surface area contributed by atoms with E-state index in [1.165, 1.54) is 18.3 Å². The quantitative estimate of drug-likeness (QED) is 0.430. The summed E-state index contributed by atoms with van der Waals surface area (Å²) in [4.78, 5) is 21.1. The Bertz CT molecular complexity index is 1060. The molecular formula is C21H23FN6O3. The van der Waals surface area contributed by atoms with Gasteiger partial charge in [0, 0.05) is 37.2 Å². The van der Waals surface area contributed by atoms with Gasteiger partial charge >= 0.3 is 0 Å². The summed E-state index contributed by atoms with van der Waals surface area (Å²) in [5.41, 5.74) is 1.16. The number of pyridine rings is 1. The van der Waals surface area contributed by atoms with Crippen molar-refractivity contribution < 1.29 is 13.8 Å². The minimum absolute atomic E-state index is 0.0182. The summed E-state index contributed by atoms with van der Waals surface area (Å²) < 4.78 is 19.0. The maximum Gasteiger partial charge on any atom is 0.287 e. The van der Waals surface area contributed by atoms with Crippen LogP contribution in [-0.2, 0) is 6.42 Å². The molecule has 1 fully saturated rings. The van der Waals surface area contributed by atoms with Crippen molar-refractivity contribution in [1.29, 1.82) is 0 Å². The average molecular weight is 426 g/mol. The van der Waals surface area contributed by atoms with E-state index >= 15 is 0 Å². The number of halogens is 1. The highest BCUT2D eigenvalue weighted by Crippen LogP contribution is 2.20. The number of rotatable bonds is 8. The molecule has 0 bridgehead atoms. The molecule has 1 atom stereocenters. The molecule has 2 aromatic heterocycles. The summed E-state index contributed by atoms with van der Waals surface area (Å²) in [7, 11) is 0. The van der Waals surface area contributed by atoms with Crippen molar-refractivity contribution in [2.75, 3.05) is 25.0 Å². The Morgan fingerprint density at radius 2 is 2.23 bits per heavy atom. The first-order valence-corrected chi connectivity index (χ1v) is 10.2. The van der Waals surface area contributed by atoms with Gasteiger partial charge in [-0.1, -0.05) is 17.3 Å². The van der Waals surface area contributed by atoms with E-state index in [9.17, 15) is 14.5 Å². The van der Waals surface area contributed by atoms with Crippen molar-refractivity contribution in [2.24, 2.45) is 0 Å². The average Bonchev–Trinajstić information content (AvgIpc) is 3.40. The van der Waals surface area contributed by atoms with Gasteiger partial charge in [0.2, 0.25) is 11.7 Å². The number of benzene rings is 1. The van der Waals surface area contributed by atoms with Gasteiger partial charge in [-0.25, -0.2) is 9.37 Å². The minimum atomic E-state index is -0.459. The highest BCUT2D eigenvalue weighted by Gasteiger charge is 2.22. The highest BCUT2D eigenvalue weighted by atomic mass is 19.1. The molecule has 10 heteroatoms. The van der Waals surface area contributed by atoms with E-state index < -0.39 is 4.92 Å². The van der Waals surface area contributed by atoms with Gasteiger partial charge in [-0.15, -0.1) is 0 Å². The van der Waals surface area contributed by atoms with Crippen LogP contribution < -0.4 is 5.32 Å². The zero-order valence-electron chi connectivity index (χ0n) is 17.1. The Kier molecular flexibility index (Phi) is 6.17. The number of aryl methyl sites for hydroxylation is 2. The second-order valence-corrected chi connectivity index (χ2v) is 7.67. The second kappa shape index (κ2) is 9.17. The van der Waals surface area contributed by atoms with E-state index in [4.69, 9.17) is 4.52 Å². The van der Waals surface area contributed by atoms with E-state index in [1.807, 2.05) is 0 Å².